The SMILES string of the molecule is N[C@@H](C(=O)NC1C(=O)N2C(C(=O)O)=C(CC(=O)c3ccccc3)CSC12)c1ccccc1. The number of carbonyl (C=O) groups is 4. The molecule has 3 atom stereocenters. The van der Waals surface area contributed by atoms with Crippen LogP contribution in [0.2, 0.25) is 0 Å². The molecule has 1 saturated heterocycles. The maximum atomic E-state index is 12.8. The number of nitrogens with one attached hydrogen (secondary N) is 1. The molecule has 0 saturated carbocycles. The predicted molar refractivity (Wildman–Crippen MR) is 118 cm³/mol. The number of rotatable bonds is 7. The molecular formula is C23H21N3O5S. The molecule has 1 fully saturated rings. The fraction of sp³-hybridized carbons (Fsp3) is 0.217. The Bertz CT molecular complexity index is 1100. The highest BCUT2D eigenvalue weighted by molar-refractivity contribution is 8.00. The molecule has 2 aromatic rings. The normalized spacial score (nSPS) is 20.8. The third-order valence-electron chi connectivity index (χ3n) is 5.46. The van der Waals surface area contributed by atoms with Gasteiger partial charge in [-0.2, -0.15) is 0 Å². The molecule has 4 N–H and O–H groups in total. The van der Waals surface area contributed by atoms with Gasteiger partial charge in [0.15, 0.2) is 5.78 Å². The van der Waals surface area contributed by atoms with Crippen LogP contribution >= 0.6 is 11.8 Å². The summed E-state index contributed by atoms with van der Waals surface area (Å²) >= 11 is 1.32. The minimum atomic E-state index is -1.27. The van der Waals surface area contributed by atoms with Gasteiger partial charge in [-0.1, -0.05) is 60.7 Å². The number of hydrogen-bond donors (Lipinski definition) is 3. The smallest absolute Gasteiger partial charge is 0.352 e. The second-order valence-corrected chi connectivity index (χ2v) is 8.61. The fourth-order valence-corrected chi connectivity index (χ4v) is 5.14. The van der Waals surface area contributed by atoms with Crippen LogP contribution in [0.4, 0.5) is 0 Å². The summed E-state index contributed by atoms with van der Waals surface area (Å²) in [5.41, 5.74) is 7.29. The molecule has 4 rings (SSSR count). The second-order valence-electron chi connectivity index (χ2n) is 7.51. The van der Waals surface area contributed by atoms with E-state index in [9.17, 15) is 24.3 Å². The number of nitrogens with zero attached hydrogens (tertiary/aromatic N) is 1. The first-order valence-corrected chi connectivity index (χ1v) is 11.0. The van der Waals surface area contributed by atoms with Crippen molar-refractivity contribution in [2.24, 2.45) is 5.73 Å². The molecule has 2 aromatic carbocycles. The lowest BCUT2D eigenvalue weighted by atomic mass is 9.98. The zero-order valence-electron chi connectivity index (χ0n) is 16.9. The highest BCUT2D eigenvalue weighted by atomic mass is 32.2. The van der Waals surface area contributed by atoms with E-state index in [0.717, 1.165) is 4.90 Å². The average molecular weight is 452 g/mol. The van der Waals surface area contributed by atoms with Crippen molar-refractivity contribution in [3.05, 3.63) is 83.1 Å². The van der Waals surface area contributed by atoms with Crippen molar-refractivity contribution in [2.45, 2.75) is 23.9 Å². The molecule has 2 unspecified atom stereocenters. The minimum Gasteiger partial charge on any atom is -0.477 e. The summed E-state index contributed by atoms with van der Waals surface area (Å²) in [6.45, 7) is 0. The van der Waals surface area contributed by atoms with Crippen LogP contribution in [0.15, 0.2) is 71.9 Å². The van der Waals surface area contributed by atoms with E-state index in [1.54, 1.807) is 60.7 Å². The lowest BCUT2D eigenvalue weighted by molar-refractivity contribution is -0.150. The number of ketones is 1. The van der Waals surface area contributed by atoms with Crippen LogP contribution in [0.5, 0.6) is 0 Å². The quantitative estimate of drug-likeness (QED) is 0.431. The van der Waals surface area contributed by atoms with Crippen LogP contribution in [0.1, 0.15) is 28.4 Å². The van der Waals surface area contributed by atoms with E-state index in [-0.39, 0.29) is 23.7 Å². The number of hydrogen-bond acceptors (Lipinski definition) is 6. The number of carboxylic acid groups (broad SMARTS) is 1. The molecule has 0 aromatic heterocycles. The molecule has 0 spiro atoms. The Kier molecular flexibility index (Phi) is 6.11. The van der Waals surface area contributed by atoms with E-state index < -0.39 is 35.2 Å². The van der Waals surface area contributed by atoms with Crippen molar-refractivity contribution in [3.63, 3.8) is 0 Å². The van der Waals surface area contributed by atoms with Gasteiger partial charge in [0.1, 0.15) is 23.2 Å². The highest BCUT2D eigenvalue weighted by Gasteiger charge is 2.54. The second kappa shape index (κ2) is 8.97. The summed E-state index contributed by atoms with van der Waals surface area (Å²) in [6.07, 6.45) is -0.0922. The zero-order valence-corrected chi connectivity index (χ0v) is 17.7. The molecule has 2 heterocycles. The first-order valence-electron chi connectivity index (χ1n) is 9.97. The van der Waals surface area contributed by atoms with E-state index in [4.69, 9.17) is 5.73 Å². The lowest BCUT2D eigenvalue weighted by Gasteiger charge is -2.49. The number of nitrogens with two attached hydrogens (primary N) is 1. The van der Waals surface area contributed by atoms with Crippen molar-refractivity contribution >= 4 is 35.3 Å². The van der Waals surface area contributed by atoms with Crippen LogP contribution in [-0.2, 0) is 14.4 Å². The van der Waals surface area contributed by atoms with E-state index in [0.29, 0.717) is 16.7 Å². The molecule has 2 amide bonds. The van der Waals surface area contributed by atoms with Crippen LogP contribution in [0.3, 0.4) is 0 Å². The molecule has 0 aliphatic carbocycles. The zero-order chi connectivity index (χ0) is 22.8. The van der Waals surface area contributed by atoms with Crippen molar-refractivity contribution < 1.29 is 24.3 Å². The number of carboxylic acids is 1. The molecule has 2 aliphatic heterocycles. The summed E-state index contributed by atoms with van der Waals surface area (Å²) in [5.74, 6) is -2.26. The van der Waals surface area contributed by atoms with Gasteiger partial charge >= 0.3 is 5.97 Å². The Morgan fingerprint density at radius 2 is 1.72 bits per heavy atom. The van der Waals surface area contributed by atoms with Gasteiger partial charge in [0.05, 0.1) is 0 Å². The molecule has 9 heteroatoms. The number of thioether (sulfide) groups is 1. The Balaban J connectivity index is 1.49. The van der Waals surface area contributed by atoms with Gasteiger partial charge in [-0.05, 0) is 11.1 Å². The number of fused-ring (bicyclic) bond motifs is 1. The molecule has 164 valence electrons. The summed E-state index contributed by atoms with van der Waals surface area (Å²) in [5, 5.41) is 11.8. The number of amides is 2. The average Bonchev–Trinajstić information content (AvgIpc) is 2.82. The predicted octanol–water partition coefficient (Wildman–Crippen LogP) is 1.70. The Hall–Kier alpha value is -3.43. The van der Waals surface area contributed by atoms with Gasteiger partial charge in [-0.25, -0.2) is 4.79 Å². The van der Waals surface area contributed by atoms with E-state index in [2.05, 4.69) is 5.32 Å². The van der Waals surface area contributed by atoms with Crippen LogP contribution in [0, 0.1) is 0 Å². The number of aliphatic carboxylic acids is 1. The van der Waals surface area contributed by atoms with Crippen molar-refractivity contribution in [1.82, 2.24) is 10.2 Å². The first kappa shape index (κ1) is 21.8. The van der Waals surface area contributed by atoms with Gasteiger partial charge in [-0.15, -0.1) is 11.8 Å². The van der Waals surface area contributed by atoms with E-state index in [1.165, 1.54) is 11.8 Å². The molecule has 2 aliphatic rings. The third-order valence-corrected chi connectivity index (χ3v) is 6.80. The van der Waals surface area contributed by atoms with Crippen LogP contribution in [0.25, 0.3) is 0 Å². The Morgan fingerprint density at radius 3 is 2.34 bits per heavy atom. The topological polar surface area (TPSA) is 130 Å². The highest BCUT2D eigenvalue weighted by Crippen LogP contribution is 2.41. The summed E-state index contributed by atoms with van der Waals surface area (Å²) in [7, 11) is 0. The van der Waals surface area contributed by atoms with Crippen LogP contribution in [-0.4, -0.2) is 50.7 Å². The van der Waals surface area contributed by atoms with E-state index in [1.807, 2.05) is 0 Å². The van der Waals surface area contributed by atoms with Crippen LogP contribution < -0.4 is 11.1 Å². The van der Waals surface area contributed by atoms with Gasteiger partial charge in [-0.3, -0.25) is 19.3 Å². The maximum Gasteiger partial charge on any atom is 0.352 e. The van der Waals surface area contributed by atoms with Gasteiger partial charge in [0.2, 0.25) is 5.91 Å². The number of carbonyl (C=O) groups excluding carboxylic acids is 3. The molecule has 8 nitrogen and oxygen atoms in total. The molecule has 0 radical (unpaired) electrons. The van der Waals surface area contributed by atoms with Gasteiger partial charge < -0.3 is 16.2 Å². The standard InChI is InChI=1S/C23H21N3O5S/c24-17(14-9-5-2-6-10-14)20(28)25-18-21(29)26-19(23(30)31)15(12-32-22(18)26)11-16(27)13-7-3-1-4-8-13/h1-10,17-18,22H,11-12,24H2,(H,25,28)(H,30,31)/t17-,18?,22?/m1/s1. The largest absolute Gasteiger partial charge is 0.477 e. The monoisotopic (exact) mass is 451 g/mol. The summed E-state index contributed by atoms with van der Waals surface area (Å²) < 4.78 is 0. The summed E-state index contributed by atoms with van der Waals surface area (Å²) in [4.78, 5) is 51.0. The number of benzene rings is 2. The Morgan fingerprint density at radius 1 is 1.09 bits per heavy atom. The van der Waals surface area contributed by atoms with Crippen molar-refractivity contribution in [3.8, 4) is 0 Å². The minimum absolute atomic E-state index is 0.0922. The fourth-order valence-electron chi connectivity index (χ4n) is 3.79. The van der Waals surface area contributed by atoms with Gasteiger partial charge in [0, 0.05) is 17.7 Å². The van der Waals surface area contributed by atoms with Gasteiger partial charge in [0.25, 0.3) is 5.91 Å². The van der Waals surface area contributed by atoms with E-state index >= 15 is 0 Å². The van der Waals surface area contributed by atoms with Crippen molar-refractivity contribution in [2.75, 3.05) is 5.75 Å². The van der Waals surface area contributed by atoms with Crippen molar-refractivity contribution in [1.29, 1.82) is 0 Å². The summed E-state index contributed by atoms with van der Waals surface area (Å²) in [6, 6.07) is 15.5. The third kappa shape index (κ3) is 4.04. The molecule has 32 heavy (non-hydrogen) atoms. The molecular weight excluding hydrogens is 430 g/mol. The first-order chi connectivity index (χ1) is 15.4. The lowest BCUT2D eigenvalue weighted by Crippen LogP contribution is -2.71. The number of Topliss-reactive ketones (excluding diaryl/α,β-unsaturated/α-hetero) is 1. The molecule has 0 bridgehead atoms. The Labute approximate surface area is 188 Å². The number of β-lactam (4-membered cyclic amide) rings is 1. The maximum absolute atomic E-state index is 12.8.